The van der Waals surface area contributed by atoms with Gasteiger partial charge in [0.25, 0.3) is 0 Å². The number of thioether (sulfide) groups is 1. The lowest BCUT2D eigenvalue weighted by Crippen LogP contribution is -2.27. The first-order valence-corrected chi connectivity index (χ1v) is 9.56. The van der Waals surface area contributed by atoms with Crippen LogP contribution in [-0.4, -0.2) is 38.8 Å². The molecule has 1 amide bonds. The molecule has 0 atom stereocenters. The summed E-state index contributed by atoms with van der Waals surface area (Å²) in [6.45, 7) is 2.74. The first-order chi connectivity index (χ1) is 12.7. The number of H-pyrrole nitrogens is 1. The minimum absolute atomic E-state index is 0.0561. The number of hydrogen-bond donors (Lipinski definition) is 1. The number of aromatic nitrogens is 3. The number of amides is 1. The smallest absolute Gasteiger partial charge is 0.233 e. The quantitative estimate of drug-likeness (QED) is 0.646. The molecule has 0 saturated carbocycles. The van der Waals surface area contributed by atoms with Crippen LogP contribution < -0.4 is 0 Å². The number of carbonyl (C=O) groups excluding carboxylic acids is 1. The largest absolute Gasteiger partial charge is 0.341 e. The van der Waals surface area contributed by atoms with Crippen LogP contribution in [-0.2, 0) is 17.8 Å². The maximum absolute atomic E-state index is 12.4. The zero-order valence-electron chi connectivity index (χ0n) is 15.0. The lowest BCUT2D eigenvalue weighted by molar-refractivity contribution is -0.127. The van der Waals surface area contributed by atoms with Gasteiger partial charge in [0.2, 0.25) is 11.1 Å². The summed E-state index contributed by atoms with van der Waals surface area (Å²) >= 11 is 1.34. The van der Waals surface area contributed by atoms with Crippen LogP contribution in [0.1, 0.15) is 18.1 Å². The molecule has 1 N–H and O–H groups in total. The van der Waals surface area contributed by atoms with Gasteiger partial charge < -0.3 is 4.90 Å². The van der Waals surface area contributed by atoms with Gasteiger partial charge in [-0.1, -0.05) is 73.3 Å². The second kappa shape index (κ2) is 8.67. The molecule has 134 valence electrons. The van der Waals surface area contributed by atoms with Crippen molar-refractivity contribution in [3.05, 3.63) is 65.7 Å². The van der Waals surface area contributed by atoms with Gasteiger partial charge in [0.15, 0.2) is 5.82 Å². The van der Waals surface area contributed by atoms with Crippen molar-refractivity contribution in [3.8, 4) is 11.4 Å². The molecule has 3 rings (SSSR count). The van der Waals surface area contributed by atoms with Gasteiger partial charge in [0.1, 0.15) is 0 Å². The number of benzene rings is 2. The normalized spacial score (nSPS) is 10.7. The van der Waals surface area contributed by atoms with Gasteiger partial charge in [0, 0.05) is 19.2 Å². The Labute approximate surface area is 157 Å². The van der Waals surface area contributed by atoms with E-state index in [4.69, 9.17) is 0 Å². The summed E-state index contributed by atoms with van der Waals surface area (Å²) < 4.78 is 0. The van der Waals surface area contributed by atoms with Crippen LogP contribution in [0.5, 0.6) is 0 Å². The highest BCUT2D eigenvalue weighted by Gasteiger charge is 2.12. The number of aromatic amines is 1. The molecular weight excluding hydrogens is 344 g/mol. The summed E-state index contributed by atoms with van der Waals surface area (Å²) in [5, 5.41) is 7.68. The molecule has 0 aliphatic heterocycles. The van der Waals surface area contributed by atoms with Gasteiger partial charge in [-0.15, -0.1) is 5.10 Å². The molecule has 6 heteroatoms. The molecule has 1 aromatic heterocycles. The van der Waals surface area contributed by atoms with Crippen molar-refractivity contribution in [2.24, 2.45) is 0 Å². The average Bonchev–Trinajstić information content (AvgIpc) is 3.16. The highest BCUT2D eigenvalue weighted by molar-refractivity contribution is 7.99. The average molecular weight is 366 g/mol. The van der Waals surface area contributed by atoms with Gasteiger partial charge in [-0.25, -0.2) is 4.98 Å². The predicted octanol–water partition coefficient (Wildman–Crippen LogP) is 3.78. The van der Waals surface area contributed by atoms with Gasteiger partial charge in [-0.05, 0) is 17.5 Å². The molecule has 5 nitrogen and oxygen atoms in total. The van der Waals surface area contributed by atoms with E-state index in [1.54, 1.807) is 4.90 Å². The number of aryl methyl sites for hydroxylation is 1. The predicted molar refractivity (Wildman–Crippen MR) is 105 cm³/mol. The highest BCUT2D eigenvalue weighted by Crippen LogP contribution is 2.19. The molecule has 1 heterocycles. The second-order valence-electron chi connectivity index (χ2n) is 6.04. The number of carbonyl (C=O) groups is 1. The van der Waals surface area contributed by atoms with E-state index >= 15 is 0 Å². The lowest BCUT2D eigenvalue weighted by Gasteiger charge is -2.17. The van der Waals surface area contributed by atoms with Gasteiger partial charge in [-0.3, -0.25) is 9.89 Å². The number of rotatable bonds is 7. The Morgan fingerprint density at radius 3 is 2.46 bits per heavy atom. The Kier molecular flexibility index (Phi) is 6.07. The monoisotopic (exact) mass is 366 g/mol. The summed E-state index contributed by atoms with van der Waals surface area (Å²) in [5.74, 6) is 1.08. The van der Waals surface area contributed by atoms with E-state index < -0.39 is 0 Å². The maximum atomic E-state index is 12.4. The third-order valence-corrected chi connectivity index (χ3v) is 4.95. The fraction of sp³-hybridized carbons (Fsp3) is 0.250. The topological polar surface area (TPSA) is 61.9 Å². The van der Waals surface area contributed by atoms with Crippen LogP contribution in [0.2, 0.25) is 0 Å². The fourth-order valence-electron chi connectivity index (χ4n) is 2.51. The van der Waals surface area contributed by atoms with Crippen molar-refractivity contribution in [1.82, 2.24) is 20.1 Å². The Morgan fingerprint density at radius 1 is 1.08 bits per heavy atom. The second-order valence-corrected chi connectivity index (χ2v) is 6.98. The van der Waals surface area contributed by atoms with Gasteiger partial charge in [-0.2, -0.15) is 0 Å². The Morgan fingerprint density at radius 2 is 1.77 bits per heavy atom. The van der Waals surface area contributed by atoms with Crippen LogP contribution in [0.4, 0.5) is 0 Å². The van der Waals surface area contributed by atoms with E-state index in [-0.39, 0.29) is 5.91 Å². The highest BCUT2D eigenvalue weighted by atomic mass is 32.2. The Bertz CT molecular complexity index is 846. The first-order valence-electron chi connectivity index (χ1n) is 8.58. The van der Waals surface area contributed by atoms with E-state index in [0.29, 0.717) is 23.3 Å². The first kappa shape index (κ1) is 18.2. The number of nitrogens with zero attached hydrogens (tertiary/aromatic N) is 3. The molecule has 0 fully saturated rings. The summed E-state index contributed by atoms with van der Waals surface area (Å²) in [6, 6.07) is 18.2. The van der Waals surface area contributed by atoms with Crippen LogP contribution in [0, 0.1) is 0 Å². The van der Waals surface area contributed by atoms with Crippen molar-refractivity contribution >= 4 is 17.7 Å². The van der Waals surface area contributed by atoms with E-state index in [1.165, 1.54) is 17.3 Å². The summed E-state index contributed by atoms with van der Waals surface area (Å²) in [5.41, 5.74) is 3.41. The van der Waals surface area contributed by atoms with Crippen molar-refractivity contribution < 1.29 is 4.79 Å². The SMILES string of the molecule is CCc1ccc(CN(C)C(=O)CSc2n[nH]c(-c3ccccc3)n2)cc1. The molecule has 0 spiro atoms. The van der Waals surface area contributed by atoms with Gasteiger partial charge in [0.05, 0.1) is 5.75 Å². The molecule has 0 radical (unpaired) electrons. The van der Waals surface area contributed by atoms with E-state index in [9.17, 15) is 4.79 Å². The van der Waals surface area contributed by atoms with Crippen molar-refractivity contribution in [1.29, 1.82) is 0 Å². The molecule has 0 saturated heterocycles. The summed E-state index contributed by atoms with van der Waals surface area (Å²) in [6.07, 6.45) is 1.02. The van der Waals surface area contributed by atoms with Crippen LogP contribution in [0.25, 0.3) is 11.4 Å². The minimum atomic E-state index is 0.0561. The van der Waals surface area contributed by atoms with E-state index in [1.807, 2.05) is 37.4 Å². The zero-order chi connectivity index (χ0) is 18.4. The van der Waals surface area contributed by atoms with Crippen molar-refractivity contribution in [2.75, 3.05) is 12.8 Å². The molecular formula is C20H22N4OS. The van der Waals surface area contributed by atoms with E-state index in [2.05, 4.69) is 46.4 Å². The maximum Gasteiger partial charge on any atom is 0.233 e. The minimum Gasteiger partial charge on any atom is -0.341 e. The number of hydrogen-bond acceptors (Lipinski definition) is 4. The molecule has 26 heavy (non-hydrogen) atoms. The molecule has 0 bridgehead atoms. The Balaban J connectivity index is 1.52. The number of nitrogens with one attached hydrogen (secondary N) is 1. The zero-order valence-corrected chi connectivity index (χ0v) is 15.8. The molecule has 3 aromatic rings. The van der Waals surface area contributed by atoms with Crippen molar-refractivity contribution in [2.45, 2.75) is 25.0 Å². The molecule has 2 aromatic carbocycles. The van der Waals surface area contributed by atoms with Gasteiger partial charge >= 0.3 is 0 Å². The van der Waals surface area contributed by atoms with Crippen LogP contribution in [0.15, 0.2) is 59.8 Å². The molecule has 0 unspecified atom stereocenters. The lowest BCUT2D eigenvalue weighted by atomic mass is 10.1. The fourth-order valence-corrected chi connectivity index (χ4v) is 3.25. The van der Waals surface area contributed by atoms with E-state index in [0.717, 1.165) is 17.5 Å². The summed E-state index contributed by atoms with van der Waals surface area (Å²) in [7, 11) is 1.82. The Hall–Kier alpha value is -2.60. The van der Waals surface area contributed by atoms with Crippen molar-refractivity contribution in [3.63, 3.8) is 0 Å². The van der Waals surface area contributed by atoms with Crippen LogP contribution in [0.3, 0.4) is 0 Å². The summed E-state index contributed by atoms with van der Waals surface area (Å²) in [4.78, 5) is 18.5. The third kappa shape index (κ3) is 4.73. The molecule has 0 aliphatic carbocycles. The standard InChI is InChI=1S/C20H22N4OS/c1-3-15-9-11-16(12-10-15)13-24(2)18(25)14-26-20-21-19(22-23-20)17-7-5-4-6-8-17/h4-12H,3,13-14H2,1-2H3,(H,21,22,23). The van der Waals surface area contributed by atoms with Crippen LogP contribution >= 0.6 is 11.8 Å². The third-order valence-electron chi connectivity index (χ3n) is 4.11. The molecule has 0 aliphatic rings.